The molecular formula is C31H36O4. The summed E-state index contributed by atoms with van der Waals surface area (Å²) in [6, 6.07) is 16.0. The van der Waals surface area contributed by atoms with Gasteiger partial charge in [0.15, 0.2) is 5.78 Å². The largest absolute Gasteiger partial charge is 0.430 e. The summed E-state index contributed by atoms with van der Waals surface area (Å²) in [5, 5.41) is 0. The van der Waals surface area contributed by atoms with Crippen LogP contribution in [-0.2, 0) is 30.0 Å². The van der Waals surface area contributed by atoms with Crippen molar-refractivity contribution in [2.45, 2.75) is 84.0 Å². The van der Waals surface area contributed by atoms with Gasteiger partial charge < -0.3 is 4.74 Å². The average molecular weight is 473 g/mol. The Morgan fingerprint density at radius 3 is 1.46 bits per heavy atom. The van der Waals surface area contributed by atoms with Crippen LogP contribution < -0.4 is 0 Å². The van der Waals surface area contributed by atoms with Gasteiger partial charge in [-0.15, -0.1) is 0 Å². The third-order valence-corrected chi connectivity index (χ3v) is 7.65. The van der Waals surface area contributed by atoms with Crippen molar-refractivity contribution in [3.63, 3.8) is 0 Å². The van der Waals surface area contributed by atoms with Crippen LogP contribution in [0.15, 0.2) is 60.4 Å². The van der Waals surface area contributed by atoms with Crippen molar-refractivity contribution in [1.82, 2.24) is 0 Å². The fraction of sp³-hybridized carbons (Fsp3) is 0.452. The number of rotatable bonds is 2. The molecule has 1 aliphatic heterocycles. The highest BCUT2D eigenvalue weighted by atomic mass is 16.5. The molecule has 2 aromatic carbocycles. The number of hydrogen-bond acceptors (Lipinski definition) is 4. The smallest absolute Gasteiger partial charge is 0.326 e. The lowest BCUT2D eigenvalue weighted by molar-refractivity contribution is -0.164. The Kier molecular flexibility index (Phi) is 6.15. The van der Waals surface area contributed by atoms with E-state index in [0.29, 0.717) is 5.76 Å². The fourth-order valence-corrected chi connectivity index (χ4v) is 5.59. The van der Waals surface area contributed by atoms with Gasteiger partial charge in [0.2, 0.25) is 0 Å². The maximum absolute atomic E-state index is 13.8. The van der Waals surface area contributed by atoms with Gasteiger partial charge in [0.1, 0.15) is 17.0 Å². The minimum absolute atomic E-state index is 0.0324. The lowest BCUT2D eigenvalue weighted by atomic mass is 9.53. The van der Waals surface area contributed by atoms with E-state index in [4.69, 9.17) is 4.74 Å². The predicted molar refractivity (Wildman–Crippen MR) is 137 cm³/mol. The minimum atomic E-state index is -1.47. The number of benzene rings is 2. The molecule has 1 heterocycles. The van der Waals surface area contributed by atoms with E-state index in [2.05, 4.69) is 41.5 Å². The molecule has 1 spiro atoms. The summed E-state index contributed by atoms with van der Waals surface area (Å²) in [4.78, 5) is 40.7. The Bertz CT molecular complexity index is 1120. The number of carbonyl (C=O) groups excluding carboxylic acids is 3. The number of hydrogen-bond donors (Lipinski definition) is 0. The van der Waals surface area contributed by atoms with E-state index in [1.54, 1.807) is 6.92 Å². The van der Waals surface area contributed by atoms with Crippen molar-refractivity contribution in [2.24, 2.45) is 5.41 Å². The number of cyclic esters (lactones) is 1. The van der Waals surface area contributed by atoms with E-state index in [-0.39, 0.29) is 35.2 Å². The minimum Gasteiger partial charge on any atom is -0.430 e. The van der Waals surface area contributed by atoms with Gasteiger partial charge in [0, 0.05) is 30.8 Å². The first kappa shape index (κ1) is 25.1. The van der Waals surface area contributed by atoms with Gasteiger partial charge in [-0.2, -0.15) is 0 Å². The van der Waals surface area contributed by atoms with Crippen LogP contribution in [0.4, 0.5) is 0 Å². The summed E-state index contributed by atoms with van der Waals surface area (Å²) in [6.45, 7) is 14.5. The van der Waals surface area contributed by atoms with Gasteiger partial charge in [0.05, 0.1) is 0 Å². The number of allylic oxidation sites excluding steroid dienone is 2. The lowest BCUT2D eigenvalue weighted by Crippen LogP contribution is -2.54. The van der Waals surface area contributed by atoms with Crippen LogP contribution in [-0.4, -0.2) is 17.5 Å². The zero-order valence-corrected chi connectivity index (χ0v) is 21.9. The number of ether oxygens (including phenoxy) is 1. The molecule has 0 radical (unpaired) electrons. The Labute approximate surface area is 208 Å². The highest BCUT2D eigenvalue weighted by molar-refractivity contribution is 6.14. The predicted octanol–water partition coefficient (Wildman–Crippen LogP) is 6.53. The number of Topliss-reactive ketones (excluding diaryl/α,β-unsaturated/α-hetero) is 1. The molecule has 2 atom stereocenters. The molecule has 1 saturated carbocycles. The molecule has 4 rings (SSSR count). The topological polar surface area (TPSA) is 60.4 Å². The molecule has 0 amide bonds. The van der Waals surface area contributed by atoms with Crippen molar-refractivity contribution < 1.29 is 19.1 Å². The van der Waals surface area contributed by atoms with Gasteiger partial charge >= 0.3 is 5.97 Å². The summed E-state index contributed by atoms with van der Waals surface area (Å²) in [5.41, 5.74) is 2.41. The van der Waals surface area contributed by atoms with Crippen molar-refractivity contribution in [3.05, 3.63) is 82.6 Å². The van der Waals surface area contributed by atoms with Crippen LogP contribution in [0.5, 0.6) is 0 Å². The van der Waals surface area contributed by atoms with Gasteiger partial charge in [-0.05, 0) is 40.0 Å². The quantitative estimate of drug-likeness (QED) is 0.368. The van der Waals surface area contributed by atoms with E-state index in [1.807, 2.05) is 48.5 Å². The molecule has 1 fully saturated rings. The Morgan fingerprint density at radius 1 is 0.714 bits per heavy atom. The maximum Gasteiger partial charge on any atom is 0.326 e. The van der Waals surface area contributed by atoms with E-state index in [1.165, 1.54) is 6.08 Å². The zero-order valence-electron chi connectivity index (χ0n) is 21.9. The second-order valence-electron chi connectivity index (χ2n) is 12.2. The van der Waals surface area contributed by atoms with Crippen LogP contribution in [0, 0.1) is 5.41 Å². The van der Waals surface area contributed by atoms with Gasteiger partial charge in [-0.25, -0.2) is 0 Å². The van der Waals surface area contributed by atoms with Crippen LogP contribution >= 0.6 is 0 Å². The molecule has 0 aromatic heterocycles. The Hall–Kier alpha value is -3.01. The standard InChI is InChI=1S/C31H36O4/c1-19-16-27(33)31(28(34)35-19)25(20-8-12-22(13-9-20)29(2,3)4)17-24(32)18-26(31)21-10-14-23(15-11-21)30(5,6)7/h8-16,25-26H,17-18H2,1-7H3. The molecule has 35 heavy (non-hydrogen) atoms. The maximum atomic E-state index is 13.8. The van der Waals surface area contributed by atoms with Crippen molar-refractivity contribution in [3.8, 4) is 0 Å². The third-order valence-electron chi connectivity index (χ3n) is 7.65. The van der Waals surface area contributed by atoms with Crippen molar-refractivity contribution in [1.29, 1.82) is 0 Å². The van der Waals surface area contributed by atoms with Gasteiger partial charge in [-0.3, -0.25) is 14.4 Å². The van der Waals surface area contributed by atoms with E-state index in [0.717, 1.165) is 22.3 Å². The molecule has 0 saturated heterocycles. The van der Waals surface area contributed by atoms with Gasteiger partial charge in [-0.1, -0.05) is 90.1 Å². The highest BCUT2D eigenvalue weighted by Gasteiger charge is 2.62. The van der Waals surface area contributed by atoms with Crippen molar-refractivity contribution in [2.75, 3.05) is 0 Å². The molecule has 184 valence electrons. The second kappa shape index (κ2) is 8.58. The number of carbonyl (C=O) groups is 3. The molecule has 2 aliphatic rings. The van der Waals surface area contributed by atoms with E-state index >= 15 is 0 Å². The highest BCUT2D eigenvalue weighted by Crippen LogP contribution is 2.57. The molecule has 2 aromatic rings. The summed E-state index contributed by atoms with van der Waals surface area (Å²) in [7, 11) is 0. The van der Waals surface area contributed by atoms with Crippen LogP contribution in [0.25, 0.3) is 0 Å². The first-order valence-electron chi connectivity index (χ1n) is 12.4. The summed E-state index contributed by atoms with van der Waals surface area (Å²) in [5.74, 6) is -1.65. The van der Waals surface area contributed by atoms with Crippen LogP contribution in [0.3, 0.4) is 0 Å². The monoisotopic (exact) mass is 472 g/mol. The average Bonchev–Trinajstić information content (AvgIpc) is 2.76. The molecule has 4 nitrogen and oxygen atoms in total. The Morgan fingerprint density at radius 2 is 1.11 bits per heavy atom. The fourth-order valence-electron chi connectivity index (χ4n) is 5.59. The van der Waals surface area contributed by atoms with E-state index < -0.39 is 23.2 Å². The first-order chi connectivity index (χ1) is 16.2. The molecule has 1 aliphatic carbocycles. The van der Waals surface area contributed by atoms with E-state index in [9.17, 15) is 14.4 Å². The summed E-state index contributed by atoms with van der Waals surface area (Å²) < 4.78 is 5.63. The lowest BCUT2D eigenvalue weighted by Gasteiger charge is -2.47. The SMILES string of the molecule is CC1=CC(=O)C2(C(=O)O1)C(c1ccc(C(C)(C)C)cc1)CC(=O)CC2c1ccc(C(C)(C)C)cc1. The third kappa shape index (κ3) is 4.39. The molecule has 2 unspecified atom stereocenters. The zero-order chi connectivity index (χ0) is 25.8. The number of esters is 1. The number of ketones is 2. The summed E-state index contributed by atoms with van der Waals surface area (Å²) in [6.07, 6.45) is 1.71. The Balaban J connectivity index is 1.89. The van der Waals surface area contributed by atoms with Crippen LogP contribution in [0.1, 0.15) is 95.4 Å². The molecule has 4 heteroatoms. The molecular weight excluding hydrogens is 436 g/mol. The molecule has 0 N–H and O–H groups in total. The van der Waals surface area contributed by atoms with Gasteiger partial charge in [0.25, 0.3) is 0 Å². The molecule has 0 bridgehead atoms. The summed E-state index contributed by atoms with van der Waals surface area (Å²) >= 11 is 0. The van der Waals surface area contributed by atoms with Crippen LogP contribution in [0.2, 0.25) is 0 Å². The normalized spacial score (nSPS) is 25.5. The first-order valence-corrected chi connectivity index (χ1v) is 12.4. The second-order valence-corrected chi connectivity index (χ2v) is 12.2. The van der Waals surface area contributed by atoms with Crippen molar-refractivity contribution >= 4 is 17.5 Å².